The number of ether oxygens (including phenoxy) is 2. The molecule has 2 aromatic carbocycles. The summed E-state index contributed by atoms with van der Waals surface area (Å²) in [7, 11) is 3.35. The van der Waals surface area contributed by atoms with E-state index >= 15 is 0 Å². The number of aromatic nitrogens is 1. The van der Waals surface area contributed by atoms with Gasteiger partial charge in [-0.05, 0) is 65.8 Å². The van der Waals surface area contributed by atoms with Crippen molar-refractivity contribution in [2.45, 2.75) is 18.7 Å². The molecule has 0 amide bonds. The molecule has 0 radical (unpaired) electrons. The van der Waals surface area contributed by atoms with Crippen molar-refractivity contribution in [2.24, 2.45) is 0 Å². The maximum Gasteiger partial charge on any atom is 0.132 e. The first-order valence-corrected chi connectivity index (χ1v) is 8.75. The zero-order chi connectivity index (χ0) is 17.3. The standard InChI is InChI=1S/C19H19NO2S2/c1-11-7-14(8-17(22-4)12(11)2)19-15(10-20-24-19)13-5-6-16(21-3)18(23)9-13/h5-10,23H,1-4H3. The van der Waals surface area contributed by atoms with Crippen molar-refractivity contribution in [3.63, 3.8) is 0 Å². The van der Waals surface area contributed by atoms with E-state index in [1.165, 1.54) is 17.1 Å². The van der Waals surface area contributed by atoms with Crippen LogP contribution in [0.25, 0.3) is 21.6 Å². The molecule has 1 heterocycles. The molecule has 24 heavy (non-hydrogen) atoms. The van der Waals surface area contributed by atoms with E-state index in [9.17, 15) is 0 Å². The highest BCUT2D eigenvalue weighted by Crippen LogP contribution is 2.39. The number of aryl methyl sites for hydroxylation is 1. The molecule has 0 saturated carbocycles. The second kappa shape index (κ2) is 6.87. The minimum Gasteiger partial charge on any atom is -0.496 e. The van der Waals surface area contributed by atoms with Crippen molar-refractivity contribution in [2.75, 3.05) is 14.2 Å². The van der Waals surface area contributed by atoms with Crippen molar-refractivity contribution in [3.05, 3.63) is 47.7 Å². The highest BCUT2D eigenvalue weighted by Gasteiger charge is 2.14. The van der Waals surface area contributed by atoms with Crippen molar-refractivity contribution < 1.29 is 9.47 Å². The maximum atomic E-state index is 5.51. The van der Waals surface area contributed by atoms with Gasteiger partial charge in [0.25, 0.3) is 0 Å². The lowest BCUT2D eigenvalue weighted by molar-refractivity contribution is 0.405. The van der Waals surface area contributed by atoms with Crippen LogP contribution in [0.4, 0.5) is 0 Å². The average molecular weight is 358 g/mol. The second-order valence-corrected chi connectivity index (χ2v) is 6.86. The van der Waals surface area contributed by atoms with Gasteiger partial charge < -0.3 is 9.47 Å². The zero-order valence-electron chi connectivity index (χ0n) is 14.1. The summed E-state index contributed by atoms with van der Waals surface area (Å²) in [5.74, 6) is 1.66. The molecule has 0 saturated heterocycles. The van der Waals surface area contributed by atoms with Gasteiger partial charge in [-0.1, -0.05) is 12.1 Å². The van der Waals surface area contributed by atoms with Crippen molar-refractivity contribution in [1.29, 1.82) is 0 Å². The van der Waals surface area contributed by atoms with Gasteiger partial charge in [-0.2, -0.15) is 4.37 Å². The summed E-state index contributed by atoms with van der Waals surface area (Å²) in [6.07, 6.45) is 1.90. The van der Waals surface area contributed by atoms with E-state index < -0.39 is 0 Å². The van der Waals surface area contributed by atoms with E-state index in [-0.39, 0.29) is 0 Å². The van der Waals surface area contributed by atoms with Gasteiger partial charge in [0.1, 0.15) is 11.5 Å². The molecule has 0 spiro atoms. The Balaban J connectivity index is 2.12. The lowest BCUT2D eigenvalue weighted by Crippen LogP contribution is -1.92. The first-order chi connectivity index (χ1) is 11.5. The van der Waals surface area contributed by atoms with Crippen LogP contribution in [-0.2, 0) is 0 Å². The Morgan fingerprint density at radius 3 is 2.38 bits per heavy atom. The van der Waals surface area contributed by atoms with Crippen LogP contribution in [0, 0.1) is 13.8 Å². The molecule has 0 aliphatic carbocycles. The smallest absolute Gasteiger partial charge is 0.132 e. The summed E-state index contributed by atoms with van der Waals surface area (Å²) in [5, 5.41) is 0. The normalized spacial score (nSPS) is 10.7. The van der Waals surface area contributed by atoms with Gasteiger partial charge in [-0.3, -0.25) is 0 Å². The predicted octanol–water partition coefficient (Wildman–Crippen LogP) is 5.40. The fourth-order valence-corrected chi connectivity index (χ4v) is 3.74. The van der Waals surface area contributed by atoms with E-state index in [1.54, 1.807) is 14.2 Å². The third-order valence-corrected chi connectivity index (χ3v) is 5.36. The first-order valence-electron chi connectivity index (χ1n) is 7.52. The molecule has 0 bridgehead atoms. The largest absolute Gasteiger partial charge is 0.496 e. The topological polar surface area (TPSA) is 31.4 Å². The number of thiol groups is 1. The molecule has 1 aromatic heterocycles. The minimum absolute atomic E-state index is 0.764. The summed E-state index contributed by atoms with van der Waals surface area (Å²) in [5.41, 5.74) is 5.64. The molecular weight excluding hydrogens is 338 g/mol. The molecule has 0 aliphatic heterocycles. The van der Waals surface area contributed by atoms with Crippen LogP contribution in [0.3, 0.4) is 0 Å². The fraction of sp³-hybridized carbons (Fsp3) is 0.211. The molecule has 0 atom stereocenters. The molecule has 0 unspecified atom stereocenters. The average Bonchev–Trinajstić information content (AvgIpc) is 3.06. The molecule has 0 fully saturated rings. The molecule has 3 rings (SSSR count). The Morgan fingerprint density at radius 1 is 0.958 bits per heavy atom. The Morgan fingerprint density at radius 2 is 1.71 bits per heavy atom. The van der Waals surface area contributed by atoms with Gasteiger partial charge in [-0.25, -0.2) is 0 Å². The number of hydrogen-bond acceptors (Lipinski definition) is 5. The maximum absolute atomic E-state index is 5.51. The Bertz CT molecular complexity index is 887. The van der Waals surface area contributed by atoms with Crippen LogP contribution >= 0.6 is 24.2 Å². The molecule has 0 N–H and O–H groups in total. The van der Waals surface area contributed by atoms with Gasteiger partial charge in [-0.15, -0.1) is 12.6 Å². The Hall–Kier alpha value is -1.98. The summed E-state index contributed by atoms with van der Waals surface area (Å²) < 4.78 is 15.2. The van der Waals surface area contributed by atoms with Crippen LogP contribution in [0.15, 0.2) is 41.4 Å². The second-order valence-electron chi connectivity index (χ2n) is 5.58. The first kappa shape index (κ1) is 16.9. The van der Waals surface area contributed by atoms with Crippen LogP contribution in [-0.4, -0.2) is 18.6 Å². The van der Waals surface area contributed by atoms with Gasteiger partial charge >= 0.3 is 0 Å². The molecule has 124 valence electrons. The summed E-state index contributed by atoms with van der Waals surface area (Å²) in [4.78, 5) is 1.93. The van der Waals surface area contributed by atoms with E-state index in [1.807, 2.05) is 24.4 Å². The number of rotatable bonds is 4. The molecule has 3 nitrogen and oxygen atoms in total. The quantitative estimate of drug-likeness (QED) is 0.634. The van der Waals surface area contributed by atoms with Crippen molar-refractivity contribution in [1.82, 2.24) is 4.37 Å². The predicted molar refractivity (Wildman–Crippen MR) is 103 cm³/mol. The van der Waals surface area contributed by atoms with Crippen LogP contribution in [0.5, 0.6) is 11.5 Å². The summed E-state index contributed by atoms with van der Waals surface area (Å²) in [6, 6.07) is 10.2. The number of nitrogens with zero attached hydrogens (tertiary/aromatic N) is 1. The number of methoxy groups -OCH3 is 2. The van der Waals surface area contributed by atoms with E-state index in [2.05, 4.69) is 43.0 Å². The van der Waals surface area contributed by atoms with Gasteiger partial charge in [0.05, 0.1) is 19.1 Å². The lowest BCUT2D eigenvalue weighted by atomic mass is 9.99. The fourth-order valence-electron chi connectivity index (χ4n) is 2.68. The molecule has 0 aliphatic rings. The Labute approximate surface area is 151 Å². The van der Waals surface area contributed by atoms with E-state index in [0.29, 0.717) is 0 Å². The Kier molecular flexibility index (Phi) is 4.83. The van der Waals surface area contributed by atoms with Gasteiger partial charge in [0.2, 0.25) is 0 Å². The summed E-state index contributed by atoms with van der Waals surface area (Å²) >= 11 is 5.98. The molecular formula is C19H19NO2S2. The van der Waals surface area contributed by atoms with E-state index in [0.717, 1.165) is 43.5 Å². The minimum atomic E-state index is 0.764. The highest BCUT2D eigenvalue weighted by atomic mass is 32.1. The molecule has 5 heteroatoms. The van der Waals surface area contributed by atoms with Gasteiger partial charge in [0.15, 0.2) is 0 Å². The lowest BCUT2D eigenvalue weighted by Gasteiger charge is -2.12. The van der Waals surface area contributed by atoms with Gasteiger partial charge in [0, 0.05) is 16.7 Å². The summed E-state index contributed by atoms with van der Waals surface area (Å²) in [6.45, 7) is 4.17. The third-order valence-electron chi connectivity index (χ3n) is 4.16. The van der Waals surface area contributed by atoms with Crippen LogP contribution in [0.1, 0.15) is 11.1 Å². The van der Waals surface area contributed by atoms with Crippen molar-refractivity contribution in [3.8, 4) is 33.1 Å². The zero-order valence-corrected chi connectivity index (χ0v) is 15.8. The highest BCUT2D eigenvalue weighted by molar-refractivity contribution is 7.80. The number of hydrogen-bond donors (Lipinski definition) is 1. The monoisotopic (exact) mass is 357 g/mol. The van der Waals surface area contributed by atoms with Crippen molar-refractivity contribution >= 4 is 24.2 Å². The number of benzene rings is 2. The van der Waals surface area contributed by atoms with Crippen LogP contribution < -0.4 is 9.47 Å². The molecule has 3 aromatic rings. The van der Waals surface area contributed by atoms with Crippen LogP contribution in [0.2, 0.25) is 0 Å². The SMILES string of the molecule is COc1ccc(-c2cnsc2-c2cc(C)c(C)c(OC)c2)cc1S. The van der Waals surface area contributed by atoms with E-state index in [4.69, 9.17) is 9.47 Å². The third kappa shape index (κ3) is 3.01.